The van der Waals surface area contributed by atoms with Crippen LogP contribution in [0.25, 0.3) is 11.0 Å². The molecule has 0 aliphatic rings. The topological polar surface area (TPSA) is 50.1 Å². The molecular weight excluding hydrogens is 250 g/mol. The number of benzene rings is 1. The van der Waals surface area contributed by atoms with E-state index in [1.54, 1.807) is 0 Å². The largest absolute Gasteiger partial charge is 0.387 e. The zero-order valence-corrected chi connectivity index (χ0v) is 13.0. The van der Waals surface area contributed by atoms with Crippen LogP contribution in [0.1, 0.15) is 38.3 Å². The van der Waals surface area contributed by atoms with Crippen molar-refractivity contribution in [2.24, 2.45) is 13.0 Å². The zero-order chi connectivity index (χ0) is 14.9. The number of rotatable bonds is 5. The van der Waals surface area contributed by atoms with E-state index in [2.05, 4.69) is 28.7 Å². The van der Waals surface area contributed by atoms with Gasteiger partial charge in [-0.1, -0.05) is 19.9 Å². The van der Waals surface area contributed by atoms with E-state index in [0.29, 0.717) is 5.92 Å². The van der Waals surface area contributed by atoms with E-state index in [1.807, 2.05) is 39.1 Å². The van der Waals surface area contributed by atoms with Crippen molar-refractivity contribution in [1.29, 1.82) is 0 Å². The molecule has 4 nitrogen and oxygen atoms in total. The summed E-state index contributed by atoms with van der Waals surface area (Å²) < 4.78 is 2.06. The fourth-order valence-electron chi connectivity index (χ4n) is 2.34. The fraction of sp³-hybridized carbons (Fsp3) is 0.562. The molecule has 2 aromatic rings. The summed E-state index contributed by atoms with van der Waals surface area (Å²) in [6.07, 6.45) is -0.513. The predicted molar refractivity (Wildman–Crippen MR) is 82.7 cm³/mol. The third kappa shape index (κ3) is 3.02. The van der Waals surface area contributed by atoms with Gasteiger partial charge in [0.05, 0.1) is 17.1 Å². The molecule has 0 amide bonds. The fourth-order valence-corrected chi connectivity index (χ4v) is 2.34. The van der Waals surface area contributed by atoms with E-state index in [4.69, 9.17) is 0 Å². The summed E-state index contributed by atoms with van der Waals surface area (Å²) >= 11 is 0. The highest BCUT2D eigenvalue weighted by molar-refractivity contribution is 5.76. The molecule has 1 aromatic heterocycles. The first kappa shape index (κ1) is 15.0. The van der Waals surface area contributed by atoms with Crippen molar-refractivity contribution < 1.29 is 5.11 Å². The molecule has 0 saturated carbocycles. The van der Waals surface area contributed by atoms with E-state index in [-0.39, 0.29) is 6.04 Å². The maximum atomic E-state index is 10.4. The number of hydrogen-bond donors (Lipinski definition) is 2. The SMILES string of the molecule is Cc1nc2cc(C(O)C(C)NCC(C)C)ccc2n1C. The number of aliphatic hydroxyl groups excluding tert-OH is 1. The highest BCUT2D eigenvalue weighted by atomic mass is 16.3. The van der Waals surface area contributed by atoms with Gasteiger partial charge in [0, 0.05) is 13.1 Å². The summed E-state index contributed by atoms with van der Waals surface area (Å²) in [6, 6.07) is 6.03. The molecule has 0 saturated heterocycles. The Hall–Kier alpha value is -1.39. The molecule has 2 atom stereocenters. The number of hydrogen-bond acceptors (Lipinski definition) is 3. The third-order valence-corrected chi connectivity index (χ3v) is 3.79. The number of aryl methyl sites for hydroxylation is 2. The summed E-state index contributed by atoms with van der Waals surface area (Å²) in [5.41, 5.74) is 2.96. The van der Waals surface area contributed by atoms with E-state index >= 15 is 0 Å². The molecule has 4 heteroatoms. The first-order valence-electron chi connectivity index (χ1n) is 7.24. The molecule has 1 aromatic carbocycles. The second-order valence-corrected chi connectivity index (χ2v) is 6.00. The van der Waals surface area contributed by atoms with Crippen molar-refractivity contribution >= 4 is 11.0 Å². The van der Waals surface area contributed by atoms with Crippen molar-refractivity contribution in [2.75, 3.05) is 6.54 Å². The summed E-state index contributed by atoms with van der Waals surface area (Å²) in [5.74, 6) is 1.56. The Morgan fingerprint density at radius 1 is 1.30 bits per heavy atom. The Morgan fingerprint density at radius 2 is 2.00 bits per heavy atom. The van der Waals surface area contributed by atoms with Crippen LogP contribution in [-0.2, 0) is 7.05 Å². The lowest BCUT2D eigenvalue weighted by Gasteiger charge is -2.21. The Bertz CT molecular complexity index is 589. The monoisotopic (exact) mass is 275 g/mol. The van der Waals surface area contributed by atoms with Gasteiger partial charge in [0.1, 0.15) is 5.82 Å². The first-order valence-corrected chi connectivity index (χ1v) is 7.24. The highest BCUT2D eigenvalue weighted by Gasteiger charge is 2.17. The Labute approximate surface area is 120 Å². The average Bonchev–Trinajstić information content (AvgIpc) is 2.70. The molecule has 0 aliphatic heterocycles. The average molecular weight is 275 g/mol. The summed E-state index contributed by atoms with van der Waals surface area (Å²) in [7, 11) is 2.01. The van der Waals surface area contributed by atoms with Crippen LogP contribution >= 0.6 is 0 Å². The van der Waals surface area contributed by atoms with Crippen molar-refractivity contribution in [2.45, 2.75) is 39.8 Å². The van der Waals surface area contributed by atoms with E-state index in [9.17, 15) is 5.11 Å². The quantitative estimate of drug-likeness (QED) is 0.881. The maximum absolute atomic E-state index is 10.4. The Kier molecular flexibility index (Phi) is 4.45. The molecule has 0 spiro atoms. The lowest BCUT2D eigenvalue weighted by atomic mass is 10.0. The van der Waals surface area contributed by atoms with Gasteiger partial charge < -0.3 is 15.0 Å². The highest BCUT2D eigenvalue weighted by Crippen LogP contribution is 2.22. The summed E-state index contributed by atoms with van der Waals surface area (Å²) in [6.45, 7) is 9.23. The number of imidazole rings is 1. The second kappa shape index (κ2) is 5.94. The van der Waals surface area contributed by atoms with Gasteiger partial charge in [-0.05, 0) is 44.0 Å². The lowest BCUT2D eigenvalue weighted by Crippen LogP contribution is -2.34. The van der Waals surface area contributed by atoms with Crippen molar-refractivity contribution in [3.8, 4) is 0 Å². The molecule has 0 bridgehead atoms. The minimum absolute atomic E-state index is 0.0275. The molecule has 1 heterocycles. The number of aliphatic hydroxyl groups is 1. The molecule has 2 N–H and O–H groups in total. The number of nitrogens with zero attached hydrogens (tertiary/aromatic N) is 2. The third-order valence-electron chi connectivity index (χ3n) is 3.79. The molecule has 2 rings (SSSR count). The summed E-state index contributed by atoms with van der Waals surface area (Å²) in [5, 5.41) is 13.8. The van der Waals surface area contributed by atoms with Crippen molar-refractivity contribution in [3.63, 3.8) is 0 Å². The van der Waals surface area contributed by atoms with Crippen LogP contribution in [0.4, 0.5) is 0 Å². The van der Waals surface area contributed by atoms with Gasteiger partial charge in [-0.2, -0.15) is 0 Å². The van der Waals surface area contributed by atoms with E-state index in [1.165, 1.54) is 0 Å². The molecular formula is C16H25N3O. The molecule has 20 heavy (non-hydrogen) atoms. The molecule has 110 valence electrons. The van der Waals surface area contributed by atoms with Crippen LogP contribution in [0.15, 0.2) is 18.2 Å². The summed E-state index contributed by atoms with van der Waals surface area (Å²) in [4.78, 5) is 4.52. The Balaban J connectivity index is 2.19. The maximum Gasteiger partial charge on any atom is 0.106 e. The predicted octanol–water partition coefficient (Wildman–Crippen LogP) is 2.55. The smallest absolute Gasteiger partial charge is 0.106 e. The van der Waals surface area contributed by atoms with Crippen LogP contribution in [0.5, 0.6) is 0 Å². The molecule has 0 fully saturated rings. The first-order chi connectivity index (χ1) is 9.40. The van der Waals surface area contributed by atoms with E-state index < -0.39 is 6.10 Å². The van der Waals surface area contributed by atoms with Gasteiger partial charge in [0.2, 0.25) is 0 Å². The van der Waals surface area contributed by atoms with Crippen LogP contribution in [0, 0.1) is 12.8 Å². The number of nitrogens with one attached hydrogen (secondary N) is 1. The Morgan fingerprint density at radius 3 is 2.65 bits per heavy atom. The zero-order valence-electron chi connectivity index (χ0n) is 13.0. The van der Waals surface area contributed by atoms with Crippen LogP contribution in [0.2, 0.25) is 0 Å². The van der Waals surface area contributed by atoms with Crippen molar-refractivity contribution in [1.82, 2.24) is 14.9 Å². The number of aromatic nitrogens is 2. The minimum atomic E-state index is -0.513. The van der Waals surface area contributed by atoms with E-state index in [0.717, 1.165) is 29.0 Å². The lowest BCUT2D eigenvalue weighted by molar-refractivity contribution is 0.134. The van der Waals surface area contributed by atoms with Crippen LogP contribution in [-0.4, -0.2) is 27.2 Å². The number of fused-ring (bicyclic) bond motifs is 1. The van der Waals surface area contributed by atoms with Gasteiger partial charge >= 0.3 is 0 Å². The second-order valence-electron chi connectivity index (χ2n) is 6.00. The van der Waals surface area contributed by atoms with Crippen LogP contribution in [0.3, 0.4) is 0 Å². The van der Waals surface area contributed by atoms with Crippen molar-refractivity contribution in [3.05, 3.63) is 29.6 Å². The van der Waals surface area contributed by atoms with Gasteiger partial charge in [-0.3, -0.25) is 0 Å². The van der Waals surface area contributed by atoms with Gasteiger partial charge in [-0.15, -0.1) is 0 Å². The normalized spacial score (nSPS) is 14.9. The van der Waals surface area contributed by atoms with Gasteiger partial charge in [-0.25, -0.2) is 4.98 Å². The molecule has 2 unspecified atom stereocenters. The minimum Gasteiger partial charge on any atom is -0.387 e. The van der Waals surface area contributed by atoms with Gasteiger partial charge in [0.25, 0.3) is 0 Å². The standard InChI is InChI=1S/C16H25N3O/c1-10(2)9-17-11(3)16(20)13-6-7-15-14(8-13)18-12(4)19(15)5/h6-8,10-11,16-17,20H,9H2,1-5H3. The van der Waals surface area contributed by atoms with Gasteiger partial charge in [0.15, 0.2) is 0 Å². The molecule has 0 radical (unpaired) electrons. The van der Waals surface area contributed by atoms with Crippen LogP contribution < -0.4 is 5.32 Å². The molecule has 0 aliphatic carbocycles.